The highest BCUT2D eigenvalue weighted by molar-refractivity contribution is 6.31. The zero-order chi connectivity index (χ0) is 13.0. The molecule has 94 valence electrons. The summed E-state index contributed by atoms with van der Waals surface area (Å²) in [6, 6.07) is 8.17. The van der Waals surface area contributed by atoms with Gasteiger partial charge in [0.25, 0.3) is 0 Å². The normalized spacial score (nSPS) is 12.4. The minimum absolute atomic E-state index is 0.202. The number of halogens is 2. The largest absolute Gasteiger partial charge is 0.392 e. The summed E-state index contributed by atoms with van der Waals surface area (Å²) in [6.07, 6.45) is 3.32. The average molecular weight is 266 g/mol. The van der Waals surface area contributed by atoms with Gasteiger partial charge in [-0.1, -0.05) is 17.7 Å². The molecule has 0 saturated heterocycles. The van der Waals surface area contributed by atoms with E-state index in [1.165, 1.54) is 6.07 Å². The molecule has 2 nitrogen and oxygen atoms in total. The molecule has 0 saturated carbocycles. The van der Waals surface area contributed by atoms with Crippen LogP contribution in [0.25, 0.3) is 0 Å². The van der Waals surface area contributed by atoms with Gasteiger partial charge in [-0.2, -0.15) is 0 Å². The standard InChI is InChI=1S/C14H13ClFNO/c15-13-2-1-3-14(16)12(13)9-11(18)8-10-4-6-17-7-5-10/h1-7,11,18H,8-9H2. The third kappa shape index (κ3) is 3.28. The van der Waals surface area contributed by atoms with Crippen LogP contribution < -0.4 is 0 Å². The number of aliphatic hydroxyl groups excluding tert-OH is 1. The molecule has 0 spiro atoms. The number of rotatable bonds is 4. The van der Waals surface area contributed by atoms with E-state index >= 15 is 0 Å². The van der Waals surface area contributed by atoms with Gasteiger partial charge in [0.2, 0.25) is 0 Å². The van der Waals surface area contributed by atoms with E-state index < -0.39 is 6.10 Å². The van der Waals surface area contributed by atoms with Crippen molar-refractivity contribution in [3.63, 3.8) is 0 Å². The molecule has 2 aromatic rings. The SMILES string of the molecule is OC(Cc1ccncc1)Cc1c(F)cccc1Cl. The summed E-state index contributed by atoms with van der Waals surface area (Å²) in [7, 11) is 0. The summed E-state index contributed by atoms with van der Waals surface area (Å²) in [5.74, 6) is -0.378. The van der Waals surface area contributed by atoms with E-state index in [0.29, 0.717) is 17.0 Å². The molecule has 0 aliphatic rings. The van der Waals surface area contributed by atoms with Crippen LogP contribution in [0.5, 0.6) is 0 Å². The van der Waals surface area contributed by atoms with Crippen LogP contribution in [0.3, 0.4) is 0 Å². The Bertz CT molecular complexity index is 498. The van der Waals surface area contributed by atoms with E-state index in [2.05, 4.69) is 4.98 Å². The lowest BCUT2D eigenvalue weighted by Gasteiger charge is -2.12. The van der Waals surface area contributed by atoms with Crippen LogP contribution in [0, 0.1) is 5.82 Å². The number of aliphatic hydroxyl groups is 1. The van der Waals surface area contributed by atoms with Crippen molar-refractivity contribution in [2.75, 3.05) is 0 Å². The number of benzene rings is 1. The topological polar surface area (TPSA) is 33.1 Å². The summed E-state index contributed by atoms with van der Waals surface area (Å²) in [5.41, 5.74) is 1.32. The molecular weight excluding hydrogens is 253 g/mol. The van der Waals surface area contributed by atoms with Crippen LogP contribution in [0.2, 0.25) is 5.02 Å². The molecule has 2 rings (SSSR count). The Morgan fingerprint density at radius 2 is 1.89 bits per heavy atom. The Hall–Kier alpha value is -1.45. The fourth-order valence-corrected chi connectivity index (χ4v) is 2.07. The van der Waals surface area contributed by atoms with Gasteiger partial charge in [-0.25, -0.2) is 4.39 Å². The van der Waals surface area contributed by atoms with E-state index in [-0.39, 0.29) is 12.2 Å². The van der Waals surface area contributed by atoms with Gasteiger partial charge in [0.15, 0.2) is 0 Å². The molecule has 0 aliphatic carbocycles. The van der Waals surface area contributed by atoms with Crippen LogP contribution >= 0.6 is 11.6 Å². The van der Waals surface area contributed by atoms with Crippen molar-refractivity contribution < 1.29 is 9.50 Å². The predicted octanol–water partition coefficient (Wildman–Crippen LogP) is 3.02. The van der Waals surface area contributed by atoms with Crippen LogP contribution in [0.15, 0.2) is 42.7 Å². The minimum atomic E-state index is -0.665. The van der Waals surface area contributed by atoms with Gasteiger partial charge < -0.3 is 5.11 Å². The molecule has 1 heterocycles. The van der Waals surface area contributed by atoms with Crippen molar-refractivity contribution in [3.8, 4) is 0 Å². The summed E-state index contributed by atoms with van der Waals surface area (Å²) in [6.45, 7) is 0. The van der Waals surface area contributed by atoms with Crippen molar-refractivity contribution in [3.05, 3.63) is 64.7 Å². The van der Waals surface area contributed by atoms with Gasteiger partial charge in [-0.05, 0) is 36.2 Å². The summed E-state index contributed by atoms with van der Waals surface area (Å²) in [5, 5.41) is 10.3. The molecule has 4 heteroatoms. The summed E-state index contributed by atoms with van der Waals surface area (Å²) >= 11 is 5.92. The lowest BCUT2D eigenvalue weighted by atomic mass is 10.0. The molecule has 1 aromatic carbocycles. The van der Waals surface area contributed by atoms with Gasteiger partial charge in [0, 0.05) is 29.4 Å². The number of pyridine rings is 1. The first-order chi connectivity index (χ1) is 8.66. The molecule has 1 unspecified atom stereocenters. The molecule has 1 N–H and O–H groups in total. The lowest BCUT2D eigenvalue weighted by molar-refractivity contribution is 0.174. The van der Waals surface area contributed by atoms with Crippen LogP contribution in [-0.2, 0) is 12.8 Å². The average Bonchev–Trinajstić information content (AvgIpc) is 2.35. The highest BCUT2D eigenvalue weighted by Gasteiger charge is 2.13. The number of nitrogens with zero attached hydrogens (tertiary/aromatic N) is 1. The zero-order valence-corrected chi connectivity index (χ0v) is 10.4. The zero-order valence-electron chi connectivity index (χ0n) is 9.68. The number of aromatic nitrogens is 1. The van der Waals surface area contributed by atoms with Crippen molar-refractivity contribution in [2.45, 2.75) is 18.9 Å². The lowest BCUT2D eigenvalue weighted by Crippen LogP contribution is -2.15. The quantitative estimate of drug-likeness (QED) is 0.922. The van der Waals surface area contributed by atoms with Gasteiger partial charge in [-0.3, -0.25) is 4.98 Å². The van der Waals surface area contributed by atoms with Gasteiger partial charge in [0.05, 0.1) is 6.10 Å². The third-order valence-electron chi connectivity index (χ3n) is 2.72. The van der Waals surface area contributed by atoms with E-state index in [1.54, 1.807) is 24.5 Å². The fourth-order valence-electron chi connectivity index (χ4n) is 1.83. The Morgan fingerprint density at radius 3 is 2.56 bits per heavy atom. The molecule has 0 aliphatic heterocycles. The number of hydrogen-bond donors (Lipinski definition) is 1. The molecule has 0 fully saturated rings. The Morgan fingerprint density at radius 1 is 1.17 bits per heavy atom. The van der Waals surface area contributed by atoms with Crippen molar-refractivity contribution in [1.82, 2.24) is 4.98 Å². The second-order valence-electron chi connectivity index (χ2n) is 4.12. The maximum Gasteiger partial charge on any atom is 0.127 e. The minimum Gasteiger partial charge on any atom is -0.392 e. The fraction of sp³-hybridized carbons (Fsp3) is 0.214. The molecule has 0 amide bonds. The molecule has 0 radical (unpaired) electrons. The Labute approximate surface area is 110 Å². The highest BCUT2D eigenvalue weighted by Crippen LogP contribution is 2.21. The highest BCUT2D eigenvalue weighted by atomic mass is 35.5. The van der Waals surface area contributed by atoms with Crippen molar-refractivity contribution >= 4 is 11.6 Å². The third-order valence-corrected chi connectivity index (χ3v) is 3.08. The first kappa shape index (κ1) is 13.0. The van der Waals surface area contributed by atoms with E-state index in [0.717, 1.165) is 5.56 Å². The summed E-state index contributed by atoms with van der Waals surface area (Å²) in [4.78, 5) is 3.90. The second kappa shape index (κ2) is 5.94. The molecule has 1 atom stereocenters. The molecule has 18 heavy (non-hydrogen) atoms. The Kier molecular flexibility index (Phi) is 4.28. The maximum absolute atomic E-state index is 13.5. The van der Waals surface area contributed by atoms with Gasteiger partial charge >= 0.3 is 0 Å². The monoisotopic (exact) mass is 265 g/mol. The summed E-state index contributed by atoms with van der Waals surface area (Å²) < 4.78 is 13.5. The smallest absolute Gasteiger partial charge is 0.127 e. The number of hydrogen-bond acceptors (Lipinski definition) is 2. The predicted molar refractivity (Wildman–Crippen MR) is 69.1 cm³/mol. The van der Waals surface area contributed by atoms with E-state index in [9.17, 15) is 9.50 Å². The molecular formula is C14H13ClFNO. The van der Waals surface area contributed by atoms with Crippen LogP contribution in [0.4, 0.5) is 4.39 Å². The van der Waals surface area contributed by atoms with Gasteiger partial charge in [-0.15, -0.1) is 0 Å². The first-order valence-electron chi connectivity index (χ1n) is 5.66. The Balaban J connectivity index is 2.06. The van der Waals surface area contributed by atoms with Crippen LogP contribution in [-0.4, -0.2) is 16.2 Å². The molecule has 0 bridgehead atoms. The first-order valence-corrected chi connectivity index (χ1v) is 6.04. The molecule has 1 aromatic heterocycles. The van der Waals surface area contributed by atoms with Crippen LogP contribution in [0.1, 0.15) is 11.1 Å². The van der Waals surface area contributed by atoms with Gasteiger partial charge in [0.1, 0.15) is 5.82 Å². The maximum atomic E-state index is 13.5. The van der Waals surface area contributed by atoms with Crippen molar-refractivity contribution in [1.29, 1.82) is 0 Å². The van der Waals surface area contributed by atoms with Crippen molar-refractivity contribution in [2.24, 2.45) is 0 Å². The second-order valence-corrected chi connectivity index (χ2v) is 4.52. The van der Waals surface area contributed by atoms with E-state index in [1.807, 2.05) is 12.1 Å². The van der Waals surface area contributed by atoms with E-state index in [4.69, 9.17) is 11.6 Å².